The Morgan fingerprint density at radius 2 is 1.57 bits per heavy atom. The third-order valence-electron chi connectivity index (χ3n) is 3.43. The maximum absolute atomic E-state index is 12.1. The molecule has 0 aliphatic rings. The standard InChI is InChI=1S/C13H26O/c1-5-9-10-12(14)13(7-3,8-4)11-6-2/h5-11H2,1-4H3. The molecule has 0 bridgehead atoms. The molecular weight excluding hydrogens is 172 g/mol. The highest BCUT2D eigenvalue weighted by Crippen LogP contribution is 2.34. The molecule has 0 aromatic rings. The van der Waals surface area contributed by atoms with Crippen LogP contribution in [0.2, 0.25) is 0 Å². The molecule has 0 aromatic carbocycles. The average Bonchev–Trinajstić information content (AvgIpc) is 2.22. The number of Topliss-reactive ketones (excluding diaryl/α,β-unsaturated/α-hetero) is 1. The van der Waals surface area contributed by atoms with Crippen molar-refractivity contribution in [2.24, 2.45) is 5.41 Å². The van der Waals surface area contributed by atoms with Crippen LogP contribution >= 0.6 is 0 Å². The molecule has 1 nitrogen and oxygen atoms in total. The third kappa shape index (κ3) is 3.43. The third-order valence-corrected chi connectivity index (χ3v) is 3.43. The molecule has 1 heteroatoms. The van der Waals surface area contributed by atoms with E-state index >= 15 is 0 Å². The molecule has 0 aromatic heterocycles. The Kier molecular flexibility index (Phi) is 6.86. The van der Waals surface area contributed by atoms with Crippen molar-refractivity contribution in [1.82, 2.24) is 0 Å². The predicted octanol–water partition coefficient (Wildman–Crippen LogP) is 4.35. The fourth-order valence-corrected chi connectivity index (χ4v) is 2.22. The fourth-order valence-electron chi connectivity index (χ4n) is 2.22. The van der Waals surface area contributed by atoms with Gasteiger partial charge in [-0.3, -0.25) is 4.79 Å². The summed E-state index contributed by atoms with van der Waals surface area (Å²) in [5.41, 5.74) is 0.00389. The van der Waals surface area contributed by atoms with Gasteiger partial charge in [-0.05, 0) is 25.7 Å². The highest BCUT2D eigenvalue weighted by Gasteiger charge is 2.32. The van der Waals surface area contributed by atoms with Crippen LogP contribution in [0.4, 0.5) is 0 Å². The van der Waals surface area contributed by atoms with Gasteiger partial charge >= 0.3 is 0 Å². The number of hydrogen-bond acceptors (Lipinski definition) is 1. The second-order valence-electron chi connectivity index (χ2n) is 4.26. The summed E-state index contributed by atoms with van der Waals surface area (Å²) >= 11 is 0. The molecule has 0 amide bonds. The Morgan fingerprint density at radius 3 is 1.93 bits per heavy atom. The van der Waals surface area contributed by atoms with Gasteiger partial charge < -0.3 is 0 Å². The highest BCUT2D eigenvalue weighted by atomic mass is 16.1. The summed E-state index contributed by atoms with van der Waals surface area (Å²) in [6.45, 7) is 8.63. The maximum atomic E-state index is 12.1. The summed E-state index contributed by atoms with van der Waals surface area (Å²) < 4.78 is 0. The van der Waals surface area contributed by atoms with E-state index in [0.717, 1.165) is 44.9 Å². The molecule has 84 valence electrons. The van der Waals surface area contributed by atoms with Crippen molar-refractivity contribution < 1.29 is 4.79 Å². The van der Waals surface area contributed by atoms with Gasteiger partial charge in [-0.2, -0.15) is 0 Å². The molecule has 0 rings (SSSR count). The maximum Gasteiger partial charge on any atom is 0.139 e. The smallest absolute Gasteiger partial charge is 0.139 e. The summed E-state index contributed by atoms with van der Waals surface area (Å²) in [5.74, 6) is 0.506. The topological polar surface area (TPSA) is 17.1 Å². The van der Waals surface area contributed by atoms with E-state index in [1.165, 1.54) is 0 Å². The summed E-state index contributed by atoms with van der Waals surface area (Å²) in [6.07, 6.45) is 7.20. The molecule has 14 heavy (non-hydrogen) atoms. The Hall–Kier alpha value is -0.330. The van der Waals surface area contributed by atoms with E-state index in [0.29, 0.717) is 5.78 Å². The Balaban J connectivity index is 4.37. The Bertz CT molecular complexity index is 157. The number of ketones is 1. The van der Waals surface area contributed by atoms with Crippen LogP contribution < -0.4 is 0 Å². The van der Waals surface area contributed by atoms with E-state index in [-0.39, 0.29) is 5.41 Å². The molecule has 0 saturated heterocycles. The summed E-state index contributed by atoms with van der Waals surface area (Å²) in [5, 5.41) is 0. The SMILES string of the molecule is CCCCC(=O)C(CC)(CC)CCC. The van der Waals surface area contributed by atoms with E-state index in [2.05, 4.69) is 27.7 Å². The minimum absolute atomic E-state index is 0.00389. The van der Waals surface area contributed by atoms with Crippen LogP contribution in [-0.2, 0) is 4.79 Å². The van der Waals surface area contributed by atoms with Gasteiger partial charge in [0.05, 0.1) is 0 Å². The molecule has 0 aliphatic carbocycles. The zero-order chi connectivity index (χ0) is 11.0. The number of unbranched alkanes of at least 4 members (excludes halogenated alkanes) is 1. The molecule has 0 fully saturated rings. The normalized spacial score (nSPS) is 11.7. The molecular formula is C13H26O. The average molecular weight is 198 g/mol. The largest absolute Gasteiger partial charge is 0.299 e. The number of carbonyl (C=O) groups is 1. The van der Waals surface area contributed by atoms with Crippen LogP contribution in [0.25, 0.3) is 0 Å². The van der Waals surface area contributed by atoms with Gasteiger partial charge in [0.15, 0.2) is 0 Å². The monoisotopic (exact) mass is 198 g/mol. The van der Waals surface area contributed by atoms with E-state index in [9.17, 15) is 4.79 Å². The summed E-state index contributed by atoms with van der Waals surface area (Å²) in [7, 11) is 0. The van der Waals surface area contributed by atoms with Crippen molar-refractivity contribution in [2.45, 2.75) is 72.6 Å². The lowest BCUT2D eigenvalue weighted by molar-refractivity contribution is -0.129. The van der Waals surface area contributed by atoms with Crippen LogP contribution in [0.15, 0.2) is 0 Å². The quantitative estimate of drug-likeness (QED) is 0.566. The van der Waals surface area contributed by atoms with Gasteiger partial charge in [-0.1, -0.05) is 40.5 Å². The van der Waals surface area contributed by atoms with Crippen molar-refractivity contribution in [2.75, 3.05) is 0 Å². The van der Waals surface area contributed by atoms with Crippen LogP contribution in [0, 0.1) is 5.41 Å². The van der Waals surface area contributed by atoms with E-state index in [4.69, 9.17) is 0 Å². The second kappa shape index (κ2) is 7.03. The van der Waals surface area contributed by atoms with Crippen molar-refractivity contribution in [3.8, 4) is 0 Å². The second-order valence-corrected chi connectivity index (χ2v) is 4.26. The molecule has 0 N–H and O–H groups in total. The van der Waals surface area contributed by atoms with Crippen molar-refractivity contribution in [3.05, 3.63) is 0 Å². The van der Waals surface area contributed by atoms with Crippen LogP contribution in [0.3, 0.4) is 0 Å². The highest BCUT2D eigenvalue weighted by molar-refractivity contribution is 5.84. The molecule has 0 heterocycles. The first-order chi connectivity index (χ1) is 6.66. The summed E-state index contributed by atoms with van der Waals surface area (Å²) in [4.78, 5) is 12.1. The molecule has 0 spiro atoms. The van der Waals surface area contributed by atoms with Crippen molar-refractivity contribution in [1.29, 1.82) is 0 Å². The predicted molar refractivity (Wildman–Crippen MR) is 62.5 cm³/mol. The van der Waals surface area contributed by atoms with Gasteiger partial charge in [0.1, 0.15) is 5.78 Å². The molecule has 0 saturated carbocycles. The van der Waals surface area contributed by atoms with Gasteiger partial charge in [-0.25, -0.2) is 0 Å². The number of rotatable bonds is 8. The zero-order valence-corrected chi connectivity index (χ0v) is 10.4. The van der Waals surface area contributed by atoms with Crippen LogP contribution in [0.5, 0.6) is 0 Å². The minimum atomic E-state index is 0.00389. The molecule has 0 radical (unpaired) electrons. The summed E-state index contributed by atoms with van der Waals surface area (Å²) in [6, 6.07) is 0. The van der Waals surface area contributed by atoms with E-state index in [1.807, 2.05) is 0 Å². The first-order valence-corrected chi connectivity index (χ1v) is 6.20. The fraction of sp³-hybridized carbons (Fsp3) is 0.923. The van der Waals surface area contributed by atoms with Crippen molar-refractivity contribution in [3.63, 3.8) is 0 Å². The van der Waals surface area contributed by atoms with E-state index < -0.39 is 0 Å². The van der Waals surface area contributed by atoms with Crippen LogP contribution in [0.1, 0.15) is 72.6 Å². The first-order valence-electron chi connectivity index (χ1n) is 6.20. The van der Waals surface area contributed by atoms with E-state index in [1.54, 1.807) is 0 Å². The lowest BCUT2D eigenvalue weighted by Gasteiger charge is -2.29. The lowest BCUT2D eigenvalue weighted by Crippen LogP contribution is -2.29. The van der Waals surface area contributed by atoms with Gasteiger partial charge in [0.25, 0.3) is 0 Å². The molecule has 0 unspecified atom stereocenters. The Morgan fingerprint density at radius 1 is 1.00 bits per heavy atom. The van der Waals surface area contributed by atoms with Gasteiger partial charge in [0, 0.05) is 11.8 Å². The lowest BCUT2D eigenvalue weighted by atomic mass is 9.73. The first kappa shape index (κ1) is 13.7. The molecule has 0 atom stereocenters. The number of hydrogen-bond donors (Lipinski definition) is 0. The zero-order valence-electron chi connectivity index (χ0n) is 10.4. The Labute approximate surface area is 89.3 Å². The van der Waals surface area contributed by atoms with Crippen molar-refractivity contribution >= 4 is 5.78 Å². The number of carbonyl (C=O) groups excluding carboxylic acids is 1. The van der Waals surface area contributed by atoms with Gasteiger partial charge in [-0.15, -0.1) is 0 Å². The van der Waals surface area contributed by atoms with Gasteiger partial charge in [0.2, 0.25) is 0 Å². The minimum Gasteiger partial charge on any atom is -0.299 e. The van der Waals surface area contributed by atoms with Crippen LogP contribution in [-0.4, -0.2) is 5.78 Å². The molecule has 0 aliphatic heterocycles.